The standard InChI is InChI=1S/C14H16N2O/c17-16-13-7-3-2-6-12(13)8-9-14(16)15-10-4-1-5-11-15/h2-3,6-9H,1,4-5,10-11H2. The minimum atomic E-state index is 0.760. The second-order valence-electron chi connectivity index (χ2n) is 4.59. The number of piperidine rings is 1. The van der Waals surface area contributed by atoms with Crippen LogP contribution in [-0.4, -0.2) is 13.1 Å². The molecule has 0 atom stereocenters. The molecule has 1 aromatic heterocycles. The Morgan fingerprint density at radius 2 is 1.71 bits per heavy atom. The number of fused-ring (bicyclic) bond motifs is 1. The molecule has 0 aliphatic carbocycles. The van der Waals surface area contributed by atoms with Crippen LogP contribution in [0.5, 0.6) is 0 Å². The maximum Gasteiger partial charge on any atom is 0.280 e. The van der Waals surface area contributed by atoms with Crippen molar-refractivity contribution in [2.45, 2.75) is 19.3 Å². The lowest BCUT2D eigenvalue weighted by atomic mass is 10.1. The molecule has 88 valence electrons. The number of hydrogen-bond donors (Lipinski definition) is 0. The third-order valence-corrected chi connectivity index (χ3v) is 3.46. The first-order valence-electron chi connectivity index (χ1n) is 6.22. The molecule has 1 saturated heterocycles. The largest absolute Gasteiger partial charge is 0.710 e. The second-order valence-corrected chi connectivity index (χ2v) is 4.59. The predicted octanol–water partition coefficient (Wildman–Crippen LogP) is 2.46. The lowest BCUT2D eigenvalue weighted by Crippen LogP contribution is -2.41. The van der Waals surface area contributed by atoms with Gasteiger partial charge in [0.05, 0.1) is 13.1 Å². The normalized spacial score (nSPS) is 16.4. The summed E-state index contributed by atoms with van der Waals surface area (Å²) in [6, 6.07) is 11.7. The number of nitrogens with zero attached hydrogens (tertiary/aromatic N) is 2. The van der Waals surface area contributed by atoms with Crippen molar-refractivity contribution in [3.63, 3.8) is 0 Å². The molecule has 0 radical (unpaired) electrons. The topological polar surface area (TPSA) is 30.2 Å². The number of para-hydroxylation sites is 1. The number of benzene rings is 1. The average molecular weight is 228 g/mol. The van der Waals surface area contributed by atoms with Crippen molar-refractivity contribution in [1.29, 1.82) is 0 Å². The van der Waals surface area contributed by atoms with Crippen LogP contribution >= 0.6 is 0 Å². The van der Waals surface area contributed by atoms with Gasteiger partial charge < -0.3 is 5.21 Å². The third kappa shape index (κ3) is 1.82. The molecular weight excluding hydrogens is 212 g/mol. The van der Waals surface area contributed by atoms with Crippen molar-refractivity contribution in [3.05, 3.63) is 41.6 Å². The molecule has 3 nitrogen and oxygen atoms in total. The predicted molar refractivity (Wildman–Crippen MR) is 69.0 cm³/mol. The van der Waals surface area contributed by atoms with Crippen LogP contribution in [0.15, 0.2) is 36.4 Å². The Bertz CT molecular complexity index is 533. The third-order valence-electron chi connectivity index (χ3n) is 3.46. The molecule has 0 N–H and O–H groups in total. The number of rotatable bonds is 1. The van der Waals surface area contributed by atoms with Crippen LogP contribution in [0.3, 0.4) is 0 Å². The molecule has 1 fully saturated rings. The van der Waals surface area contributed by atoms with Gasteiger partial charge in [-0.2, -0.15) is 0 Å². The van der Waals surface area contributed by atoms with Crippen LogP contribution in [0.4, 0.5) is 5.82 Å². The molecule has 1 aliphatic rings. The summed E-state index contributed by atoms with van der Waals surface area (Å²) in [6.07, 6.45) is 3.66. The second kappa shape index (κ2) is 4.24. The Balaban J connectivity index is 2.07. The zero-order chi connectivity index (χ0) is 11.7. The molecule has 0 amide bonds. The van der Waals surface area contributed by atoms with E-state index in [4.69, 9.17) is 0 Å². The molecule has 1 aliphatic heterocycles. The van der Waals surface area contributed by atoms with Crippen molar-refractivity contribution >= 4 is 16.7 Å². The van der Waals surface area contributed by atoms with Crippen molar-refractivity contribution in [1.82, 2.24) is 0 Å². The quantitative estimate of drug-likeness (QED) is 0.554. The molecule has 0 unspecified atom stereocenters. The molecule has 1 aromatic carbocycles. The molecule has 2 heterocycles. The molecule has 0 saturated carbocycles. The minimum Gasteiger partial charge on any atom is -0.710 e. The molecule has 0 spiro atoms. The van der Waals surface area contributed by atoms with E-state index in [1.807, 2.05) is 36.4 Å². The molecule has 0 bridgehead atoms. The highest BCUT2D eigenvalue weighted by atomic mass is 16.5. The fraction of sp³-hybridized carbons (Fsp3) is 0.357. The van der Waals surface area contributed by atoms with E-state index in [1.165, 1.54) is 19.3 Å². The highest BCUT2D eigenvalue weighted by Gasteiger charge is 2.20. The van der Waals surface area contributed by atoms with Gasteiger partial charge in [-0.25, -0.2) is 4.73 Å². The fourth-order valence-corrected chi connectivity index (χ4v) is 2.53. The van der Waals surface area contributed by atoms with E-state index < -0.39 is 0 Å². The molecule has 3 rings (SSSR count). The lowest BCUT2D eigenvalue weighted by molar-refractivity contribution is -0.563. The average Bonchev–Trinajstić information content (AvgIpc) is 2.40. The fourth-order valence-electron chi connectivity index (χ4n) is 2.53. The Kier molecular flexibility index (Phi) is 2.59. The van der Waals surface area contributed by atoms with Crippen molar-refractivity contribution < 1.29 is 4.73 Å². The summed E-state index contributed by atoms with van der Waals surface area (Å²) in [5, 5.41) is 13.3. The Labute approximate surface area is 101 Å². The number of anilines is 1. The van der Waals surface area contributed by atoms with E-state index in [9.17, 15) is 5.21 Å². The maximum atomic E-state index is 12.3. The molecule has 3 heteroatoms. The van der Waals surface area contributed by atoms with E-state index in [0.717, 1.165) is 34.5 Å². The van der Waals surface area contributed by atoms with Gasteiger partial charge in [0.25, 0.3) is 5.82 Å². The summed E-state index contributed by atoms with van der Waals surface area (Å²) in [5.74, 6) is 0.795. The minimum absolute atomic E-state index is 0.760. The summed E-state index contributed by atoms with van der Waals surface area (Å²) in [7, 11) is 0. The van der Waals surface area contributed by atoms with Gasteiger partial charge in [0.2, 0.25) is 0 Å². The van der Waals surface area contributed by atoms with Gasteiger partial charge in [-0.1, -0.05) is 18.2 Å². The first kappa shape index (κ1) is 10.4. The first-order chi connectivity index (χ1) is 8.36. The van der Waals surface area contributed by atoms with Crippen molar-refractivity contribution in [2.75, 3.05) is 18.0 Å². The van der Waals surface area contributed by atoms with Gasteiger partial charge in [0, 0.05) is 11.5 Å². The van der Waals surface area contributed by atoms with Crippen LogP contribution in [0.2, 0.25) is 0 Å². The monoisotopic (exact) mass is 228 g/mol. The van der Waals surface area contributed by atoms with E-state index in [1.54, 1.807) is 0 Å². The van der Waals surface area contributed by atoms with E-state index in [0.29, 0.717) is 0 Å². The Morgan fingerprint density at radius 1 is 0.941 bits per heavy atom. The van der Waals surface area contributed by atoms with Gasteiger partial charge in [-0.05, 0) is 31.4 Å². The summed E-state index contributed by atoms with van der Waals surface area (Å²) in [4.78, 5) is 2.20. The summed E-state index contributed by atoms with van der Waals surface area (Å²) in [6.45, 7) is 2.00. The number of pyridine rings is 1. The number of hydrogen-bond acceptors (Lipinski definition) is 2. The van der Waals surface area contributed by atoms with Crippen LogP contribution in [0, 0.1) is 5.21 Å². The maximum absolute atomic E-state index is 12.3. The van der Waals surface area contributed by atoms with Crippen LogP contribution < -0.4 is 9.63 Å². The first-order valence-corrected chi connectivity index (χ1v) is 6.22. The van der Waals surface area contributed by atoms with E-state index in [2.05, 4.69) is 4.90 Å². The smallest absolute Gasteiger partial charge is 0.280 e. The summed E-state index contributed by atoms with van der Waals surface area (Å²) >= 11 is 0. The summed E-state index contributed by atoms with van der Waals surface area (Å²) < 4.78 is 1.07. The van der Waals surface area contributed by atoms with Gasteiger partial charge in [0.1, 0.15) is 5.52 Å². The lowest BCUT2D eigenvalue weighted by Gasteiger charge is -2.24. The van der Waals surface area contributed by atoms with Gasteiger partial charge in [-0.15, -0.1) is 0 Å². The zero-order valence-electron chi connectivity index (χ0n) is 9.80. The summed E-state index contributed by atoms with van der Waals surface area (Å²) in [5.41, 5.74) is 0.760. The van der Waals surface area contributed by atoms with Crippen LogP contribution in [0.1, 0.15) is 19.3 Å². The molecular formula is C14H16N2O. The Hall–Kier alpha value is -1.77. The van der Waals surface area contributed by atoms with Crippen LogP contribution in [0.25, 0.3) is 10.9 Å². The van der Waals surface area contributed by atoms with Crippen LogP contribution in [-0.2, 0) is 0 Å². The van der Waals surface area contributed by atoms with E-state index >= 15 is 0 Å². The van der Waals surface area contributed by atoms with Crippen molar-refractivity contribution in [2.24, 2.45) is 0 Å². The van der Waals surface area contributed by atoms with Gasteiger partial charge >= 0.3 is 0 Å². The Morgan fingerprint density at radius 3 is 2.53 bits per heavy atom. The van der Waals surface area contributed by atoms with Crippen molar-refractivity contribution in [3.8, 4) is 0 Å². The zero-order valence-corrected chi connectivity index (χ0v) is 9.80. The van der Waals surface area contributed by atoms with Gasteiger partial charge in [0.15, 0.2) is 0 Å². The van der Waals surface area contributed by atoms with Gasteiger partial charge in [-0.3, -0.25) is 4.90 Å². The molecule has 2 aromatic rings. The molecule has 17 heavy (non-hydrogen) atoms. The van der Waals surface area contributed by atoms with E-state index in [-0.39, 0.29) is 0 Å². The highest BCUT2D eigenvalue weighted by molar-refractivity contribution is 5.76. The SMILES string of the molecule is [O-][n+]1c(N2CCCCC2)ccc2ccccc21. The highest BCUT2D eigenvalue weighted by Crippen LogP contribution is 2.19. The number of aromatic nitrogens is 1.